The van der Waals surface area contributed by atoms with Crippen LogP contribution in [-0.4, -0.2) is 97.1 Å². The van der Waals surface area contributed by atoms with Crippen molar-refractivity contribution in [2.75, 3.05) is 6.61 Å². The van der Waals surface area contributed by atoms with Crippen molar-refractivity contribution < 1.29 is 44.0 Å². The number of hydrogen-bond acceptors (Lipinski definition) is 7. The summed E-state index contributed by atoms with van der Waals surface area (Å²) in [6.07, 6.45) is -8.25. The second-order valence-electron chi connectivity index (χ2n) is 3.29. The van der Waals surface area contributed by atoms with Gasteiger partial charge in [-0.2, -0.15) is 0 Å². The Balaban J connectivity index is 0.00000256. The molecule has 9 nitrogen and oxygen atoms in total. The van der Waals surface area contributed by atoms with Crippen molar-refractivity contribution >= 4 is 37.4 Å². The van der Waals surface area contributed by atoms with E-state index in [4.69, 9.17) is 14.9 Å². The number of ether oxygens (including phenoxy) is 1. The maximum Gasteiger partial charge on any atom is 0.472 e. The predicted octanol–water partition coefficient (Wildman–Crippen LogP) is -3.49. The molecular weight excluding hydrogens is 270 g/mol. The van der Waals surface area contributed by atoms with Gasteiger partial charge in [-0.3, -0.25) is 4.52 Å². The van der Waals surface area contributed by atoms with Crippen LogP contribution in [0.4, 0.5) is 0 Å². The van der Waals surface area contributed by atoms with Crippen LogP contribution in [0.1, 0.15) is 0 Å². The summed E-state index contributed by atoms with van der Waals surface area (Å²) in [7, 11) is -4.91. The van der Waals surface area contributed by atoms with Gasteiger partial charge in [-0.15, -0.1) is 0 Å². The van der Waals surface area contributed by atoms with E-state index in [0.717, 1.165) is 0 Å². The van der Waals surface area contributed by atoms with Crippen molar-refractivity contribution in [1.82, 2.24) is 0 Å². The minimum Gasteiger partial charge on any atom is -0.394 e. The Morgan fingerprint density at radius 2 is 1.65 bits per heavy atom. The number of aliphatic hydroxyl groups excluding tert-OH is 4. The van der Waals surface area contributed by atoms with Crippen LogP contribution >= 0.6 is 7.82 Å². The fraction of sp³-hybridized carbons (Fsp3) is 1.00. The molecule has 1 rings (SSSR count). The van der Waals surface area contributed by atoms with Crippen LogP contribution in [0.25, 0.3) is 0 Å². The molecule has 1 radical (unpaired) electrons. The summed E-state index contributed by atoms with van der Waals surface area (Å²) >= 11 is 0. The molecule has 11 heteroatoms. The quantitative estimate of drug-likeness (QED) is 0.228. The monoisotopic (exact) mass is 283 g/mol. The van der Waals surface area contributed by atoms with E-state index in [9.17, 15) is 19.9 Å². The zero-order chi connectivity index (χ0) is 12.5. The Hall–Kier alpha value is 0.910. The van der Waals surface area contributed by atoms with Crippen molar-refractivity contribution in [3.8, 4) is 0 Å². The smallest absolute Gasteiger partial charge is 0.394 e. The number of aliphatic hydroxyl groups is 4. The van der Waals surface area contributed by atoms with Crippen molar-refractivity contribution in [3.63, 3.8) is 0 Å². The Bertz CT molecular complexity index is 281. The summed E-state index contributed by atoms with van der Waals surface area (Å²) in [6.45, 7) is -0.702. The van der Waals surface area contributed by atoms with Gasteiger partial charge in [-0.1, -0.05) is 0 Å². The van der Waals surface area contributed by atoms with Crippen LogP contribution in [0.3, 0.4) is 0 Å². The molecule has 5 atom stereocenters. The van der Waals surface area contributed by atoms with Gasteiger partial charge in [0.1, 0.15) is 24.4 Å². The van der Waals surface area contributed by atoms with Gasteiger partial charge in [-0.05, 0) is 0 Å². The summed E-state index contributed by atoms with van der Waals surface area (Å²) in [4.78, 5) is 17.0. The van der Waals surface area contributed by atoms with Crippen LogP contribution in [0, 0.1) is 0 Å². The fourth-order valence-electron chi connectivity index (χ4n) is 1.29. The average Bonchev–Trinajstić information content (AvgIpc) is 2.17. The molecule has 1 aliphatic rings. The van der Waals surface area contributed by atoms with Crippen LogP contribution < -0.4 is 0 Å². The second kappa shape index (κ2) is 6.90. The molecule has 1 fully saturated rings. The van der Waals surface area contributed by atoms with Gasteiger partial charge >= 0.3 is 7.82 Å². The van der Waals surface area contributed by atoms with Gasteiger partial charge in [0.05, 0.1) is 6.61 Å². The first-order chi connectivity index (χ1) is 7.26. The Labute approximate surface area is 119 Å². The van der Waals surface area contributed by atoms with E-state index in [2.05, 4.69) is 9.26 Å². The molecule has 0 aromatic heterocycles. The van der Waals surface area contributed by atoms with Gasteiger partial charge in [0, 0.05) is 29.6 Å². The molecule has 0 saturated carbocycles. The van der Waals surface area contributed by atoms with Crippen molar-refractivity contribution in [1.29, 1.82) is 0 Å². The molecule has 0 bridgehead atoms. The topological polar surface area (TPSA) is 157 Å². The summed E-state index contributed by atoms with van der Waals surface area (Å²) in [5.41, 5.74) is 0. The summed E-state index contributed by atoms with van der Waals surface area (Å²) < 4.78 is 19.2. The van der Waals surface area contributed by atoms with E-state index in [1.165, 1.54) is 0 Å². The zero-order valence-corrected chi connectivity index (χ0v) is 11.8. The predicted molar refractivity (Wildman–Crippen MR) is 52.7 cm³/mol. The molecule has 6 N–H and O–H groups in total. The SMILES string of the molecule is O=P(O)(O)O[C@H]1O[C@H](CO)[C@@H](O)[C@H](O)[C@H]1O.[Na]. The maximum atomic E-state index is 10.5. The number of phosphoric acid groups is 1. The number of phosphoric ester groups is 1. The fourth-order valence-corrected chi connectivity index (χ4v) is 1.73. The van der Waals surface area contributed by atoms with E-state index < -0.39 is 45.1 Å². The second-order valence-corrected chi connectivity index (χ2v) is 4.49. The number of hydrogen-bond donors (Lipinski definition) is 6. The van der Waals surface area contributed by atoms with E-state index in [1.807, 2.05) is 0 Å². The maximum absolute atomic E-state index is 10.5. The van der Waals surface area contributed by atoms with Crippen molar-refractivity contribution in [3.05, 3.63) is 0 Å². The summed E-state index contributed by atoms with van der Waals surface area (Å²) in [5.74, 6) is 0. The Morgan fingerprint density at radius 1 is 1.12 bits per heavy atom. The van der Waals surface area contributed by atoms with Crippen LogP contribution in [-0.2, 0) is 13.8 Å². The standard InChI is InChI=1S/C6H13O9P.Na/c7-1-2-3(8)4(9)5(10)6(14-2)15-16(11,12)13;/h2-10H,1H2,(H2,11,12,13);/t2-,3-,4+,5-,6-;/m1./s1. The first-order valence-corrected chi connectivity index (χ1v) is 5.83. The molecule has 97 valence electrons. The summed E-state index contributed by atoms with van der Waals surface area (Å²) in [6, 6.07) is 0. The third-order valence-corrected chi connectivity index (χ3v) is 2.57. The first-order valence-electron chi connectivity index (χ1n) is 4.30. The van der Waals surface area contributed by atoms with Crippen LogP contribution in [0.15, 0.2) is 0 Å². The molecule has 0 aliphatic carbocycles. The van der Waals surface area contributed by atoms with E-state index >= 15 is 0 Å². The molecule has 0 aromatic rings. The molecule has 1 saturated heterocycles. The minimum absolute atomic E-state index is 0. The van der Waals surface area contributed by atoms with Gasteiger partial charge in [0.2, 0.25) is 0 Å². The number of rotatable bonds is 3. The van der Waals surface area contributed by atoms with Crippen molar-refractivity contribution in [2.45, 2.75) is 30.7 Å². The van der Waals surface area contributed by atoms with E-state index in [1.54, 1.807) is 0 Å². The van der Waals surface area contributed by atoms with E-state index in [-0.39, 0.29) is 29.6 Å². The third kappa shape index (κ3) is 4.83. The Morgan fingerprint density at radius 3 is 2.06 bits per heavy atom. The molecular formula is C6H13NaO9P. The van der Waals surface area contributed by atoms with Gasteiger partial charge in [-0.25, -0.2) is 4.57 Å². The summed E-state index contributed by atoms with van der Waals surface area (Å²) in [5, 5.41) is 36.6. The Kier molecular flexibility index (Phi) is 7.27. The van der Waals surface area contributed by atoms with Crippen molar-refractivity contribution in [2.24, 2.45) is 0 Å². The van der Waals surface area contributed by atoms with Gasteiger partial charge in [0.25, 0.3) is 0 Å². The minimum atomic E-state index is -4.91. The van der Waals surface area contributed by atoms with Gasteiger partial charge in [0.15, 0.2) is 6.29 Å². The normalized spacial score (nSPS) is 38.6. The molecule has 0 aromatic carbocycles. The first kappa shape index (κ1) is 17.9. The largest absolute Gasteiger partial charge is 0.472 e. The molecule has 0 spiro atoms. The molecule has 17 heavy (non-hydrogen) atoms. The zero-order valence-electron chi connectivity index (χ0n) is 8.95. The average molecular weight is 283 g/mol. The van der Waals surface area contributed by atoms with Gasteiger partial charge < -0.3 is 34.9 Å². The van der Waals surface area contributed by atoms with Crippen LogP contribution in [0.2, 0.25) is 0 Å². The van der Waals surface area contributed by atoms with E-state index in [0.29, 0.717) is 0 Å². The molecule has 1 heterocycles. The third-order valence-electron chi connectivity index (χ3n) is 2.09. The molecule has 0 amide bonds. The van der Waals surface area contributed by atoms with Crippen LogP contribution in [0.5, 0.6) is 0 Å². The molecule has 0 unspecified atom stereocenters. The molecule has 1 aliphatic heterocycles.